The van der Waals surface area contributed by atoms with Crippen LogP contribution >= 0.6 is 0 Å². The van der Waals surface area contributed by atoms with Crippen molar-refractivity contribution in [3.8, 4) is 5.75 Å². The van der Waals surface area contributed by atoms with Crippen LogP contribution in [0.3, 0.4) is 0 Å². The fourth-order valence-electron chi connectivity index (χ4n) is 3.93. The number of hydrogen-bond donors (Lipinski definition) is 1. The summed E-state index contributed by atoms with van der Waals surface area (Å²) in [4.78, 5) is 27.9. The molecule has 0 aliphatic heterocycles. The molecule has 0 fully saturated rings. The summed E-state index contributed by atoms with van der Waals surface area (Å²) in [7, 11) is -2.24. The second-order valence-electron chi connectivity index (χ2n) is 8.60. The Balaban J connectivity index is 1.97. The number of anilines is 1. The summed E-state index contributed by atoms with van der Waals surface area (Å²) in [6.45, 7) is 3.78. The molecule has 0 saturated carbocycles. The highest BCUT2D eigenvalue weighted by molar-refractivity contribution is 7.92. The summed E-state index contributed by atoms with van der Waals surface area (Å²) >= 11 is 0. The minimum Gasteiger partial charge on any atom is -0.497 e. The normalized spacial score (nSPS) is 12.1. The number of methoxy groups -OCH3 is 1. The van der Waals surface area contributed by atoms with E-state index in [0.717, 1.165) is 27.9 Å². The van der Waals surface area contributed by atoms with Crippen molar-refractivity contribution in [1.29, 1.82) is 0 Å². The van der Waals surface area contributed by atoms with Crippen LogP contribution in [-0.2, 0) is 26.2 Å². The van der Waals surface area contributed by atoms with E-state index in [9.17, 15) is 18.0 Å². The lowest BCUT2D eigenvalue weighted by Crippen LogP contribution is -2.51. The Bertz CT molecular complexity index is 1300. The molecule has 0 heterocycles. The average molecular weight is 512 g/mol. The van der Waals surface area contributed by atoms with Gasteiger partial charge in [-0.3, -0.25) is 13.9 Å². The lowest BCUT2D eigenvalue weighted by Gasteiger charge is -2.31. The van der Waals surface area contributed by atoms with Crippen LogP contribution in [-0.4, -0.2) is 57.6 Å². The largest absolute Gasteiger partial charge is 0.497 e. The number of carbonyl (C=O) groups is 2. The van der Waals surface area contributed by atoms with Crippen LogP contribution in [0.25, 0.3) is 10.8 Å². The van der Waals surface area contributed by atoms with Gasteiger partial charge in [0.1, 0.15) is 18.3 Å². The number of nitrogens with zero attached hydrogens (tertiary/aromatic N) is 2. The van der Waals surface area contributed by atoms with Crippen LogP contribution in [0, 0.1) is 0 Å². The summed E-state index contributed by atoms with van der Waals surface area (Å²) in [6, 6.07) is 19.1. The lowest BCUT2D eigenvalue weighted by molar-refractivity contribution is -0.139. The van der Waals surface area contributed by atoms with Crippen molar-refractivity contribution in [3.63, 3.8) is 0 Å². The molecule has 3 rings (SSSR count). The van der Waals surface area contributed by atoms with Gasteiger partial charge in [-0.1, -0.05) is 55.5 Å². The van der Waals surface area contributed by atoms with Crippen molar-refractivity contribution in [2.24, 2.45) is 0 Å². The first-order valence-corrected chi connectivity index (χ1v) is 13.7. The smallest absolute Gasteiger partial charge is 0.244 e. The van der Waals surface area contributed by atoms with Crippen LogP contribution in [0.1, 0.15) is 25.8 Å². The fraction of sp³-hybridized carbons (Fsp3) is 0.333. The second kappa shape index (κ2) is 11.9. The molecule has 1 unspecified atom stereocenters. The van der Waals surface area contributed by atoms with Gasteiger partial charge in [0.25, 0.3) is 0 Å². The third-order valence-electron chi connectivity index (χ3n) is 5.94. The third kappa shape index (κ3) is 6.54. The zero-order valence-corrected chi connectivity index (χ0v) is 21.9. The molecule has 1 N–H and O–H groups in total. The van der Waals surface area contributed by atoms with Crippen molar-refractivity contribution in [3.05, 3.63) is 72.3 Å². The first kappa shape index (κ1) is 27.0. The van der Waals surface area contributed by atoms with E-state index in [4.69, 9.17) is 4.74 Å². The zero-order valence-electron chi connectivity index (χ0n) is 21.1. The number of sulfonamides is 1. The molecule has 9 heteroatoms. The number of hydrogen-bond acceptors (Lipinski definition) is 5. The van der Waals surface area contributed by atoms with Crippen LogP contribution in [0.5, 0.6) is 5.75 Å². The zero-order chi connectivity index (χ0) is 26.3. The van der Waals surface area contributed by atoms with Crippen molar-refractivity contribution in [1.82, 2.24) is 10.2 Å². The fourth-order valence-corrected chi connectivity index (χ4v) is 4.79. The minimum absolute atomic E-state index is 0.136. The monoisotopic (exact) mass is 511 g/mol. The molecule has 0 saturated heterocycles. The second-order valence-corrected chi connectivity index (χ2v) is 10.5. The number of ether oxygens (including phenoxy) is 1. The van der Waals surface area contributed by atoms with Crippen molar-refractivity contribution in [2.45, 2.75) is 32.9 Å². The highest BCUT2D eigenvalue weighted by atomic mass is 32.2. The third-order valence-corrected chi connectivity index (χ3v) is 7.07. The van der Waals surface area contributed by atoms with Gasteiger partial charge in [0.05, 0.1) is 19.1 Å². The molecule has 2 amide bonds. The Morgan fingerprint density at radius 1 is 1.00 bits per heavy atom. The molecule has 0 aliphatic carbocycles. The van der Waals surface area contributed by atoms with E-state index < -0.39 is 28.5 Å². The first-order chi connectivity index (χ1) is 17.2. The van der Waals surface area contributed by atoms with E-state index in [2.05, 4.69) is 5.32 Å². The highest BCUT2D eigenvalue weighted by Crippen LogP contribution is 2.28. The predicted octanol–water partition coefficient (Wildman–Crippen LogP) is 3.56. The van der Waals surface area contributed by atoms with Crippen molar-refractivity contribution < 1.29 is 22.7 Å². The van der Waals surface area contributed by atoms with E-state index in [0.29, 0.717) is 23.4 Å². The number of rotatable bonds is 11. The Morgan fingerprint density at radius 3 is 2.31 bits per heavy atom. The van der Waals surface area contributed by atoms with Crippen LogP contribution in [0.15, 0.2) is 66.7 Å². The Hall–Kier alpha value is -3.59. The van der Waals surface area contributed by atoms with E-state index in [1.807, 2.05) is 49.4 Å². The van der Waals surface area contributed by atoms with Crippen LogP contribution < -0.4 is 14.4 Å². The summed E-state index contributed by atoms with van der Waals surface area (Å²) in [6.07, 6.45) is 1.83. The van der Waals surface area contributed by atoms with Crippen molar-refractivity contribution in [2.75, 3.05) is 30.8 Å². The number of carbonyl (C=O) groups excluding carboxylic acids is 2. The molecule has 0 spiro atoms. The molecular weight excluding hydrogens is 478 g/mol. The van der Waals surface area contributed by atoms with E-state index in [1.165, 1.54) is 4.90 Å². The first-order valence-electron chi connectivity index (χ1n) is 11.8. The number of amides is 2. The van der Waals surface area contributed by atoms with Gasteiger partial charge in [0.2, 0.25) is 21.8 Å². The summed E-state index contributed by atoms with van der Waals surface area (Å²) in [5.74, 6) is -0.109. The van der Waals surface area contributed by atoms with Gasteiger partial charge in [0, 0.05) is 18.5 Å². The molecule has 3 aromatic carbocycles. The maximum Gasteiger partial charge on any atom is 0.244 e. The van der Waals surface area contributed by atoms with Crippen LogP contribution in [0.4, 0.5) is 5.69 Å². The molecular formula is C27H33N3O5S. The molecule has 192 valence electrons. The molecule has 8 nitrogen and oxygen atoms in total. The van der Waals surface area contributed by atoms with Gasteiger partial charge in [-0.25, -0.2) is 8.42 Å². The predicted molar refractivity (Wildman–Crippen MR) is 142 cm³/mol. The van der Waals surface area contributed by atoms with Crippen molar-refractivity contribution >= 4 is 38.3 Å². The van der Waals surface area contributed by atoms with E-state index in [1.54, 1.807) is 38.3 Å². The standard InChI is InChI=1S/C27H33N3O5S/c1-5-17-28-27(32)20(2)29(18-21-13-15-23(35-3)16-14-21)26(31)19-30(36(4,33)34)25-12-8-10-22-9-6-7-11-24(22)25/h6-16,20H,5,17-19H2,1-4H3,(H,28,32). The molecule has 0 bridgehead atoms. The molecule has 3 aromatic rings. The molecule has 1 atom stereocenters. The number of fused-ring (bicyclic) bond motifs is 1. The number of nitrogens with one attached hydrogen (secondary N) is 1. The molecule has 0 radical (unpaired) electrons. The SMILES string of the molecule is CCCNC(=O)C(C)N(Cc1ccc(OC)cc1)C(=O)CN(c1cccc2ccccc12)S(C)(=O)=O. The van der Waals surface area contributed by atoms with Gasteiger partial charge < -0.3 is 15.0 Å². The lowest BCUT2D eigenvalue weighted by atomic mass is 10.1. The Kier molecular flexibility index (Phi) is 8.93. The van der Waals surface area contributed by atoms with Crippen LogP contribution in [0.2, 0.25) is 0 Å². The summed E-state index contributed by atoms with van der Waals surface area (Å²) in [5, 5.41) is 4.40. The van der Waals surface area contributed by atoms with Gasteiger partial charge in [-0.15, -0.1) is 0 Å². The topological polar surface area (TPSA) is 96.0 Å². The van der Waals surface area contributed by atoms with Gasteiger partial charge in [-0.2, -0.15) is 0 Å². The highest BCUT2D eigenvalue weighted by Gasteiger charge is 2.30. The Morgan fingerprint density at radius 2 is 1.67 bits per heavy atom. The summed E-state index contributed by atoms with van der Waals surface area (Å²) in [5.41, 5.74) is 1.20. The quantitative estimate of drug-likeness (QED) is 0.425. The Labute approximate surface area is 212 Å². The summed E-state index contributed by atoms with van der Waals surface area (Å²) < 4.78 is 32.1. The van der Waals surface area contributed by atoms with E-state index in [-0.39, 0.29) is 12.5 Å². The number of benzene rings is 3. The molecule has 36 heavy (non-hydrogen) atoms. The van der Waals surface area contributed by atoms with Gasteiger partial charge in [0.15, 0.2) is 0 Å². The van der Waals surface area contributed by atoms with Gasteiger partial charge >= 0.3 is 0 Å². The molecule has 0 aliphatic rings. The van der Waals surface area contributed by atoms with E-state index >= 15 is 0 Å². The maximum atomic E-state index is 13.7. The average Bonchev–Trinajstić information content (AvgIpc) is 2.87. The molecule has 0 aromatic heterocycles. The maximum absolute atomic E-state index is 13.7. The van der Waals surface area contributed by atoms with Gasteiger partial charge in [-0.05, 0) is 42.5 Å². The minimum atomic E-state index is -3.81.